The minimum atomic E-state index is -2.98. The average molecular weight is 196 g/mol. The summed E-state index contributed by atoms with van der Waals surface area (Å²) < 4.78 is 26.2. The molecule has 1 N–H and O–H groups in total. The highest BCUT2D eigenvalue weighted by Crippen LogP contribution is 2.03. The smallest absolute Gasteiger partial charge is 0.147 e. The number of hydrogen-bond donors (Lipinski definition) is 1. The van der Waals surface area contributed by atoms with Gasteiger partial charge in [0.1, 0.15) is 9.84 Å². The predicted octanol–water partition coefficient (Wildman–Crippen LogP) is -0.183. The van der Waals surface area contributed by atoms with Crippen LogP contribution in [0.2, 0.25) is 0 Å². The fourth-order valence-corrected chi connectivity index (χ4v) is 1.40. The summed E-state index contributed by atoms with van der Waals surface area (Å²) in [6.45, 7) is 1.70. The van der Waals surface area contributed by atoms with Crippen molar-refractivity contribution >= 4 is 9.84 Å². The van der Waals surface area contributed by atoms with Crippen LogP contribution in [0.5, 0.6) is 0 Å². The summed E-state index contributed by atoms with van der Waals surface area (Å²) in [4.78, 5) is 0. The number of sulfone groups is 1. The molecule has 0 rings (SSSR count). The first kappa shape index (κ1) is 11.9. The molecule has 0 aromatic rings. The van der Waals surface area contributed by atoms with Gasteiger partial charge < -0.3 is 9.84 Å². The van der Waals surface area contributed by atoms with Gasteiger partial charge in [-0.05, 0) is 13.3 Å². The second-order valence-electron chi connectivity index (χ2n) is 2.93. The van der Waals surface area contributed by atoms with Gasteiger partial charge in [0.05, 0.1) is 18.0 Å². The molecule has 5 heteroatoms. The zero-order valence-corrected chi connectivity index (χ0v) is 8.47. The van der Waals surface area contributed by atoms with Crippen molar-refractivity contribution in [1.82, 2.24) is 0 Å². The van der Waals surface area contributed by atoms with Crippen molar-refractivity contribution in [2.45, 2.75) is 25.6 Å². The maximum Gasteiger partial charge on any atom is 0.147 e. The molecular formula is C7H16O4S. The zero-order chi connectivity index (χ0) is 9.78. The van der Waals surface area contributed by atoms with Crippen LogP contribution in [0.4, 0.5) is 0 Å². The molecule has 0 bridgehead atoms. The standard InChI is InChI=1S/C7H16O4S/c1-6(11-2)7(8)4-5-12(3,9)10/h6-8H,4-5H2,1-3H3. The van der Waals surface area contributed by atoms with Crippen molar-refractivity contribution in [3.05, 3.63) is 0 Å². The number of aliphatic hydroxyl groups excluding tert-OH is 1. The van der Waals surface area contributed by atoms with E-state index in [4.69, 9.17) is 4.74 Å². The summed E-state index contributed by atoms with van der Waals surface area (Å²) in [5.74, 6) is 0.00185. The van der Waals surface area contributed by atoms with Crippen LogP contribution in [0.25, 0.3) is 0 Å². The second-order valence-corrected chi connectivity index (χ2v) is 5.19. The van der Waals surface area contributed by atoms with Crippen LogP contribution in [0.1, 0.15) is 13.3 Å². The molecule has 4 nitrogen and oxygen atoms in total. The summed E-state index contributed by atoms with van der Waals surface area (Å²) in [6, 6.07) is 0. The van der Waals surface area contributed by atoms with Gasteiger partial charge in [-0.3, -0.25) is 0 Å². The van der Waals surface area contributed by atoms with E-state index in [-0.39, 0.29) is 18.3 Å². The van der Waals surface area contributed by atoms with E-state index in [0.29, 0.717) is 0 Å². The van der Waals surface area contributed by atoms with Crippen LogP contribution < -0.4 is 0 Å². The molecule has 0 aromatic heterocycles. The number of aliphatic hydroxyl groups is 1. The van der Waals surface area contributed by atoms with Crippen LogP contribution in [0, 0.1) is 0 Å². The SMILES string of the molecule is COC(C)C(O)CCS(C)(=O)=O. The lowest BCUT2D eigenvalue weighted by Gasteiger charge is -2.16. The van der Waals surface area contributed by atoms with Crippen LogP contribution >= 0.6 is 0 Å². The highest BCUT2D eigenvalue weighted by molar-refractivity contribution is 7.90. The van der Waals surface area contributed by atoms with Crippen LogP contribution in [-0.2, 0) is 14.6 Å². The molecular weight excluding hydrogens is 180 g/mol. The second kappa shape index (κ2) is 4.79. The average Bonchev–Trinajstić information content (AvgIpc) is 1.97. The first-order chi connectivity index (χ1) is 5.37. The first-order valence-electron chi connectivity index (χ1n) is 3.75. The van der Waals surface area contributed by atoms with Crippen molar-refractivity contribution in [1.29, 1.82) is 0 Å². The van der Waals surface area contributed by atoms with Crippen LogP contribution in [-0.4, -0.2) is 44.9 Å². The summed E-state index contributed by atoms with van der Waals surface area (Å²) >= 11 is 0. The molecule has 2 atom stereocenters. The van der Waals surface area contributed by atoms with Crippen LogP contribution in [0.15, 0.2) is 0 Å². The molecule has 0 saturated heterocycles. The molecule has 2 unspecified atom stereocenters. The minimum absolute atomic E-state index is 0.00185. The Hall–Kier alpha value is -0.130. The van der Waals surface area contributed by atoms with E-state index in [1.54, 1.807) is 6.92 Å². The number of ether oxygens (including phenoxy) is 1. The normalized spacial score (nSPS) is 17.3. The molecule has 0 fully saturated rings. The lowest BCUT2D eigenvalue weighted by atomic mass is 10.2. The molecule has 0 aliphatic rings. The number of hydrogen-bond acceptors (Lipinski definition) is 4. The number of rotatable bonds is 5. The summed E-state index contributed by atoms with van der Waals surface area (Å²) in [7, 11) is -1.50. The largest absolute Gasteiger partial charge is 0.390 e. The lowest BCUT2D eigenvalue weighted by molar-refractivity contribution is -0.00125. The predicted molar refractivity (Wildman–Crippen MR) is 46.8 cm³/mol. The molecule has 0 heterocycles. The van der Waals surface area contributed by atoms with E-state index in [9.17, 15) is 13.5 Å². The highest BCUT2D eigenvalue weighted by Gasteiger charge is 2.15. The van der Waals surface area contributed by atoms with Gasteiger partial charge in [0.15, 0.2) is 0 Å². The summed E-state index contributed by atoms with van der Waals surface area (Å²) in [6.07, 6.45) is 0.363. The van der Waals surface area contributed by atoms with Gasteiger partial charge in [0.2, 0.25) is 0 Å². The fraction of sp³-hybridized carbons (Fsp3) is 1.00. The van der Waals surface area contributed by atoms with E-state index < -0.39 is 15.9 Å². The molecule has 12 heavy (non-hydrogen) atoms. The summed E-state index contributed by atoms with van der Waals surface area (Å²) in [5, 5.41) is 9.29. The van der Waals surface area contributed by atoms with E-state index in [1.165, 1.54) is 7.11 Å². The first-order valence-corrected chi connectivity index (χ1v) is 5.81. The van der Waals surface area contributed by atoms with Crippen molar-refractivity contribution in [3.63, 3.8) is 0 Å². The van der Waals surface area contributed by atoms with Gasteiger partial charge >= 0.3 is 0 Å². The molecule has 0 saturated carbocycles. The van der Waals surface area contributed by atoms with Gasteiger partial charge in [-0.15, -0.1) is 0 Å². The topological polar surface area (TPSA) is 63.6 Å². The maximum atomic E-state index is 10.7. The Balaban J connectivity index is 3.79. The molecule has 0 aliphatic carbocycles. The van der Waals surface area contributed by atoms with Gasteiger partial charge in [0, 0.05) is 13.4 Å². The van der Waals surface area contributed by atoms with Gasteiger partial charge in [-0.2, -0.15) is 0 Å². The molecule has 74 valence electrons. The Labute approximate surface area is 73.5 Å². The highest BCUT2D eigenvalue weighted by atomic mass is 32.2. The van der Waals surface area contributed by atoms with E-state index in [1.807, 2.05) is 0 Å². The fourth-order valence-electron chi connectivity index (χ4n) is 0.727. The quantitative estimate of drug-likeness (QED) is 0.662. The Morgan fingerprint density at radius 2 is 2.00 bits per heavy atom. The lowest BCUT2D eigenvalue weighted by Crippen LogP contribution is -2.27. The van der Waals surface area contributed by atoms with Gasteiger partial charge in [-0.25, -0.2) is 8.42 Å². The number of methoxy groups -OCH3 is 1. The maximum absolute atomic E-state index is 10.7. The third kappa shape index (κ3) is 5.51. The van der Waals surface area contributed by atoms with Crippen molar-refractivity contribution in [2.75, 3.05) is 19.1 Å². The molecule has 0 aliphatic heterocycles. The van der Waals surface area contributed by atoms with Crippen molar-refractivity contribution < 1.29 is 18.3 Å². The Morgan fingerprint density at radius 1 is 1.50 bits per heavy atom. The zero-order valence-electron chi connectivity index (χ0n) is 7.65. The van der Waals surface area contributed by atoms with E-state index in [0.717, 1.165) is 6.26 Å². The third-order valence-corrected chi connectivity index (χ3v) is 2.68. The van der Waals surface area contributed by atoms with Crippen molar-refractivity contribution in [3.8, 4) is 0 Å². The van der Waals surface area contributed by atoms with E-state index >= 15 is 0 Å². The minimum Gasteiger partial charge on any atom is -0.390 e. The van der Waals surface area contributed by atoms with E-state index in [2.05, 4.69) is 0 Å². The third-order valence-electron chi connectivity index (χ3n) is 1.70. The monoisotopic (exact) mass is 196 g/mol. The molecule has 0 spiro atoms. The molecule has 0 radical (unpaired) electrons. The molecule has 0 amide bonds. The van der Waals surface area contributed by atoms with Gasteiger partial charge in [0.25, 0.3) is 0 Å². The van der Waals surface area contributed by atoms with Gasteiger partial charge in [-0.1, -0.05) is 0 Å². The van der Waals surface area contributed by atoms with Crippen LogP contribution in [0.3, 0.4) is 0 Å². The van der Waals surface area contributed by atoms with Crippen molar-refractivity contribution in [2.24, 2.45) is 0 Å². The summed E-state index contributed by atoms with van der Waals surface area (Å²) in [5.41, 5.74) is 0. The Morgan fingerprint density at radius 3 is 2.33 bits per heavy atom. The Kier molecular flexibility index (Phi) is 4.74. The Bertz CT molecular complexity index is 209. The molecule has 0 aromatic carbocycles.